The van der Waals surface area contributed by atoms with E-state index in [2.05, 4.69) is 0 Å². The van der Waals surface area contributed by atoms with Crippen LogP contribution in [0.3, 0.4) is 0 Å². The first-order valence-corrected chi connectivity index (χ1v) is 6.44. The van der Waals surface area contributed by atoms with Gasteiger partial charge in [-0.25, -0.2) is 8.78 Å². The molecule has 0 radical (unpaired) electrons. The molecule has 19 heavy (non-hydrogen) atoms. The molecule has 0 bridgehead atoms. The lowest BCUT2D eigenvalue weighted by atomic mass is 10.1. The third kappa shape index (κ3) is 2.27. The molecule has 3 aromatic rings. The van der Waals surface area contributed by atoms with Gasteiger partial charge in [0.05, 0.1) is 4.88 Å². The Hall–Kier alpha value is -2.07. The maximum absolute atomic E-state index is 13.1. The summed E-state index contributed by atoms with van der Waals surface area (Å²) in [6.45, 7) is 0. The molecule has 0 saturated carbocycles. The van der Waals surface area contributed by atoms with Crippen molar-refractivity contribution < 1.29 is 13.6 Å². The van der Waals surface area contributed by atoms with Gasteiger partial charge >= 0.3 is 0 Å². The lowest BCUT2D eigenvalue weighted by Crippen LogP contribution is -1.98. The van der Waals surface area contributed by atoms with Crippen molar-refractivity contribution in [2.75, 3.05) is 0 Å². The third-order valence-electron chi connectivity index (χ3n) is 2.79. The standard InChI is InChI=1S/C15H8F2OS/c16-11-3-1-2-10(6-11)15(18)14-7-9-4-5-12(17)8-13(9)19-14/h1-8H. The third-order valence-corrected chi connectivity index (χ3v) is 3.89. The van der Waals surface area contributed by atoms with Gasteiger partial charge in [-0.15, -0.1) is 11.3 Å². The molecule has 2 aromatic carbocycles. The highest BCUT2D eigenvalue weighted by Crippen LogP contribution is 2.28. The first-order chi connectivity index (χ1) is 9.13. The van der Waals surface area contributed by atoms with Crippen molar-refractivity contribution in [1.29, 1.82) is 0 Å². The quantitative estimate of drug-likeness (QED) is 0.633. The highest BCUT2D eigenvalue weighted by molar-refractivity contribution is 7.21. The van der Waals surface area contributed by atoms with Crippen molar-refractivity contribution in [2.45, 2.75) is 0 Å². The van der Waals surface area contributed by atoms with E-state index >= 15 is 0 Å². The summed E-state index contributed by atoms with van der Waals surface area (Å²) >= 11 is 1.21. The van der Waals surface area contributed by atoms with Crippen molar-refractivity contribution in [3.05, 3.63) is 70.6 Å². The number of halogens is 2. The first-order valence-electron chi connectivity index (χ1n) is 5.63. The number of fused-ring (bicyclic) bond motifs is 1. The van der Waals surface area contributed by atoms with E-state index in [1.54, 1.807) is 18.2 Å². The molecular weight excluding hydrogens is 266 g/mol. The van der Waals surface area contributed by atoms with E-state index < -0.39 is 5.82 Å². The number of rotatable bonds is 2. The number of ketones is 1. The smallest absolute Gasteiger partial charge is 0.203 e. The summed E-state index contributed by atoms with van der Waals surface area (Å²) in [5.41, 5.74) is 0.298. The molecule has 0 aliphatic carbocycles. The van der Waals surface area contributed by atoms with Crippen molar-refractivity contribution in [2.24, 2.45) is 0 Å². The zero-order valence-corrected chi connectivity index (χ0v) is 10.5. The molecule has 94 valence electrons. The second-order valence-electron chi connectivity index (χ2n) is 4.13. The van der Waals surface area contributed by atoms with Gasteiger partial charge in [0, 0.05) is 10.3 Å². The fourth-order valence-corrected chi connectivity index (χ4v) is 2.94. The minimum absolute atomic E-state index is 0.249. The number of hydrogen-bond acceptors (Lipinski definition) is 2. The molecule has 0 atom stereocenters. The molecule has 0 aliphatic rings. The van der Waals surface area contributed by atoms with Crippen molar-refractivity contribution in [3.8, 4) is 0 Å². The van der Waals surface area contributed by atoms with Crippen LogP contribution in [0.4, 0.5) is 8.78 Å². The van der Waals surface area contributed by atoms with Crippen LogP contribution in [0.1, 0.15) is 15.2 Å². The van der Waals surface area contributed by atoms with Gasteiger partial charge in [0.1, 0.15) is 11.6 Å². The summed E-state index contributed by atoms with van der Waals surface area (Å²) < 4.78 is 26.9. The van der Waals surface area contributed by atoms with E-state index in [9.17, 15) is 13.6 Å². The average Bonchev–Trinajstić information content (AvgIpc) is 2.80. The summed E-state index contributed by atoms with van der Waals surface area (Å²) in [4.78, 5) is 12.7. The van der Waals surface area contributed by atoms with Gasteiger partial charge in [-0.3, -0.25) is 4.79 Å². The summed E-state index contributed by atoms with van der Waals surface area (Å²) in [7, 11) is 0. The molecule has 0 amide bonds. The topological polar surface area (TPSA) is 17.1 Å². The molecule has 1 aromatic heterocycles. The van der Waals surface area contributed by atoms with Crippen LogP contribution in [0.5, 0.6) is 0 Å². The predicted molar refractivity (Wildman–Crippen MR) is 71.6 cm³/mol. The van der Waals surface area contributed by atoms with Crippen LogP contribution in [-0.2, 0) is 0 Å². The molecule has 1 nitrogen and oxygen atoms in total. The zero-order valence-electron chi connectivity index (χ0n) is 9.69. The van der Waals surface area contributed by atoms with Crippen LogP contribution in [-0.4, -0.2) is 5.78 Å². The van der Waals surface area contributed by atoms with Gasteiger partial charge in [-0.2, -0.15) is 0 Å². The van der Waals surface area contributed by atoms with E-state index in [1.165, 1.54) is 41.7 Å². The number of carbonyl (C=O) groups is 1. The first kappa shape index (κ1) is 12.0. The largest absolute Gasteiger partial charge is 0.288 e. The SMILES string of the molecule is O=C(c1cccc(F)c1)c1cc2ccc(F)cc2s1. The average molecular weight is 274 g/mol. The second-order valence-corrected chi connectivity index (χ2v) is 5.22. The minimum Gasteiger partial charge on any atom is -0.288 e. The Morgan fingerprint density at radius 2 is 1.74 bits per heavy atom. The second kappa shape index (κ2) is 4.55. The van der Waals surface area contributed by atoms with Gasteiger partial charge in [0.15, 0.2) is 0 Å². The normalized spacial score (nSPS) is 10.8. The van der Waals surface area contributed by atoms with E-state index in [0.29, 0.717) is 15.1 Å². The van der Waals surface area contributed by atoms with Crippen LogP contribution >= 0.6 is 11.3 Å². The van der Waals surface area contributed by atoms with Gasteiger partial charge in [0.2, 0.25) is 5.78 Å². The van der Waals surface area contributed by atoms with E-state index in [-0.39, 0.29) is 11.6 Å². The highest BCUT2D eigenvalue weighted by Gasteiger charge is 2.13. The summed E-state index contributed by atoms with van der Waals surface area (Å²) in [5.74, 6) is -1.03. The van der Waals surface area contributed by atoms with Gasteiger partial charge in [-0.1, -0.05) is 18.2 Å². The Morgan fingerprint density at radius 3 is 2.53 bits per heavy atom. The Balaban J connectivity index is 2.06. The molecule has 0 saturated heterocycles. The predicted octanol–water partition coefficient (Wildman–Crippen LogP) is 4.41. The zero-order chi connectivity index (χ0) is 13.4. The number of benzene rings is 2. The summed E-state index contributed by atoms with van der Waals surface area (Å²) in [6, 6.07) is 11.6. The van der Waals surface area contributed by atoms with Crippen LogP contribution in [0, 0.1) is 11.6 Å². The maximum Gasteiger partial charge on any atom is 0.203 e. The molecule has 0 aliphatic heterocycles. The Kier molecular flexibility index (Phi) is 2.87. The van der Waals surface area contributed by atoms with Crippen molar-refractivity contribution in [1.82, 2.24) is 0 Å². The molecule has 0 fully saturated rings. The van der Waals surface area contributed by atoms with Crippen LogP contribution < -0.4 is 0 Å². The van der Waals surface area contributed by atoms with E-state index in [0.717, 1.165) is 5.39 Å². The molecule has 0 N–H and O–H groups in total. The Labute approximate surface area is 112 Å². The lowest BCUT2D eigenvalue weighted by Gasteiger charge is -1.97. The van der Waals surface area contributed by atoms with Gasteiger partial charge in [-0.05, 0) is 35.7 Å². The van der Waals surface area contributed by atoms with Gasteiger partial charge in [0.25, 0.3) is 0 Å². The number of thiophene rings is 1. The van der Waals surface area contributed by atoms with Crippen LogP contribution in [0.2, 0.25) is 0 Å². The van der Waals surface area contributed by atoms with E-state index in [1.807, 2.05) is 0 Å². The van der Waals surface area contributed by atoms with Gasteiger partial charge < -0.3 is 0 Å². The molecule has 4 heteroatoms. The summed E-state index contributed by atoms with van der Waals surface area (Å²) in [6.07, 6.45) is 0. The van der Waals surface area contributed by atoms with Crippen LogP contribution in [0.15, 0.2) is 48.5 Å². The highest BCUT2D eigenvalue weighted by atomic mass is 32.1. The van der Waals surface area contributed by atoms with Crippen molar-refractivity contribution in [3.63, 3.8) is 0 Å². The number of carbonyl (C=O) groups excluding carboxylic acids is 1. The molecule has 3 rings (SSSR count). The van der Waals surface area contributed by atoms with Crippen LogP contribution in [0.25, 0.3) is 10.1 Å². The molecular formula is C15H8F2OS. The minimum atomic E-state index is -0.446. The van der Waals surface area contributed by atoms with Crippen molar-refractivity contribution >= 4 is 27.2 Å². The Morgan fingerprint density at radius 1 is 0.947 bits per heavy atom. The Bertz CT molecular complexity index is 777. The number of hydrogen-bond donors (Lipinski definition) is 0. The molecule has 0 spiro atoms. The maximum atomic E-state index is 13.1. The van der Waals surface area contributed by atoms with E-state index in [4.69, 9.17) is 0 Å². The summed E-state index contributed by atoms with van der Waals surface area (Å²) in [5, 5.41) is 0.811. The molecule has 1 heterocycles. The fourth-order valence-electron chi connectivity index (χ4n) is 1.89. The molecule has 0 unspecified atom stereocenters. The fraction of sp³-hybridized carbons (Fsp3) is 0. The lowest BCUT2D eigenvalue weighted by molar-refractivity contribution is 0.104. The monoisotopic (exact) mass is 274 g/mol.